The van der Waals surface area contributed by atoms with Crippen LogP contribution in [0, 0.1) is 6.33 Å². The third-order valence-electron chi connectivity index (χ3n) is 5.20. The molecule has 1 unspecified atom stereocenters. The molecule has 4 aromatic rings. The zero-order valence-corrected chi connectivity index (χ0v) is 15.4. The largest absolute Gasteiger partial charge is 0.491 e. The van der Waals surface area contributed by atoms with Gasteiger partial charge in [0.15, 0.2) is 6.33 Å². The summed E-state index contributed by atoms with van der Waals surface area (Å²) >= 11 is 0. The number of ether oxygens (including phenoxy) is 1. The minimum atomic E-state index is 0.243. The number of nitrogens with zero attached hydrogens (tertiary/aromatic N) is 4. The first-order valence-electron chi connectivity index (χ1n) is 9.51. The lowest BCUT2D eigenvalue weighted by molar-refractivity contribution is -0.264. The molecule has 1 N–H and O–H groups in total. The molecule has 0 bridgehead atoms. The smallest absolute Gasteiger partial charge is 0.357 e. The monoisotopic (exact) mass is 370 g/mol. The molecule has 1 aliphatic heterocycles. The van der Waals surface area contributed by atoms with Crippen molar-refractivity contribution in [2.45, 2.75) is 18.9 Å². The lowest BCUT2D eigenvalue weighted by Crippen LogP contribution is -2.35. The number of anilines is 1. The van der Waals surface area contributed by atoms with E-state index >= 15 is 0 Å². The molecule has 1 aliphatic rings. The molecule has 0 radical (unpaired) electrons. The van der Waals surface area contributed by atoms with Crippen molar-refractivity contribution in [3.63, 3.8) is 0 Å². The summed E-state index contributed by atoms with van der Waals surface area (Å²) in [4.78, 5) is 18.2. The zero-order valence-electron chi connectivity index (χ0n) is 15.4. The van der Waals surface area contributed by atoms with E-state index in [4.69, 9.17) is 4.74 Å². The molecule has 1 saturated heterocycles. The zero-order chi connectivity index (χ0) is 18.8. The van der Waals surface area contributed by atoms with Gasteiger partial charge in [0, 0.05) is 12.1 Å². The summed E-state index contributed by atoms with van der Waals surface area (Å²) in [5.41, 5.74) is 3.77. The minimum Gasteiger partial charge on any atom is -0.491 e. The first-order chi connectivity index (χ1) is 13.9. The van der Waals surface area contributed by atoms with Crippen LogP contribution < -0.4 is 14.6 Å². The van der Waals surface area contributed by atoms with Crippen LogP contribution in [0.1, 0.15) is 12.8 Å². The van der Waals surface area contributed by atoms with Gasteiger partial charge in [0.05, 0.1) is 6.04 Å². The maximum Gasteiger partial charge on any atom is 0.357 e. The fraction of sp³-hybridized carbons (Fsp3) is 0.227. The highest BCUT2D eigenvalue weighted by Gasteiger charge is 2.31. The van der Waals surface area contributed by atoms with E-state index in [1.807, 2.05) is 36.4 Å². The molecule has 0 aliphatic carbocycles. The normalized spacial score (nSPS) is 16.3. The quantitative estimate of drug-likeness (QED) is 0.585. The summed E-state index contributed by atoms with van der Waals surface area (Å²) in [6, 6.07) is 18.8. The molecular formula is C22H20N5O+. The summed E-state index contributed by atoms with van der Waals surface area (Å²) in [6.45, 7) is 1.53. The van der Waals surface area contributed by atoms with Crippen molar-refractivity contribution < 1.29 is 9.72 Å². The van der Waals surface area contributed by atoms with Crippen LogP contribution in [0.5, 0.6) is 5.75 Å². The van der Waals surface area contributed by atoms with E-state index in [0.29, 0.717) is 12.3 Å². The number of para-hydroxylation sites is 1. The molecule has 3 heterocycles. The Labute approximate surface area is 163 Å². The Bertz CT molecular complexity index is 1080. The van der Waals surface area contributed by atoms with Crippen LogP contribution in [0.2, 0.25) is 0 Å². The summed E-state index contributed by atoms with van der Waals surface area (Å²) in [7, 11) is 0. The fourth-order valence-corrected chi connectivity index (χ4v) is 3.83. The summed E-state index contributed by atoms with van der Waals surface area (Å²) < 4.78 is 6.30. The van der Waals surface area contributed by atoms with Gasteiger partial charge in [0.2, 0.25) is 5.52 Å². The highest BCUT2D eigenvalue weighted by molar-refractivity contribution is 5.80. The van der Waals surface area contributed by atoms with E-state index in [1.165, 1.54) is 0 Å². The standard InChI is InChI=1S/C22H19N5O/c1-2-7-16(8-3-1)18-10-4-5-11-19(18)28-13-17-9-6-12-27(17)22-20-21(24-14-23-20)25-15-26-22/h1-5,7-8,10-11,14,17H,6,9,12-13H2/p+1. The number of nitrogens with one attached hydrogen (secondary N) is 1. The molecule has 1 fully saturated rings. The predicted octanol–water partition coefficient (Wildman–Crippen LogP) is 3.07. The molecule has 28 heavy (non-hydrogen) atoms. The topological polar surface area (TPSA) is 68.1 Å². The number of hydrogen-bond donors (Lipinski definition) is 1. The minimum absolute atomic E-state index is 0.243. The average Bonchev–Trinajstić information content (AvgIpc) is 3.42. The number of H-pyrrole nitrogens is 1. The van der Waals surface area contributed by atoms with Crippen LogP contribution in [0.25, 0.3) is 22.3 Å². The number of aromatic amines is 1. The summed E-state index contributed by atoms with van der Waals surface area (Å²) in [6.07, 6.45) is 6.55. The molecular weight excluding hydrogens is 350 g/mol. The average molecular weight is 370 g/mol. The van der Waals surface area contributed by atoms with Gasteiger partial charge in [-0.1, -0.05) is 48.5 Å². The van der Waals surface area contributed by atoms with Crippen molar-refractivity contribution in [2.75, 3.05) is 18.1 Å². The van der Waals surface area contributed by atoms with E-state index < -0.39 is 0 Å². The Morgan fingerprint density at radius 3 is 2.93 bits per heavy atom. The van der Waals surface area contributed by atoms with Gasteiger partial charge >= 0.3 is 12.0 Å². The molecule has 0 spiro atoms. The van der Waals surface area contributed by atoms with Gasteiger partial charge in [-0.2, -0.15) is 4.98 Å². The van der Waals surface area contributed by atoms with Gasteiger partial charge in [0.25, 0.3) is 5.82 Å². The van der Waals surface area contributed by atoms with Crippen LogP contribution in [-0.4, -0.2) is 34.1 Å². The molecule has 2 aromatic carbocycles. The second-order valence-corrected chi connectivity index (χ2v) is 6.91. The van der Waals surface area contributed by atoms with Crippen molar-refractivity contribution in [3.8, 4) is 16.9 Å². The van der Waals surface area contributed by atoms with Crippen molar-refractivity contribution in [2.24, 2.45) is 0 Å². The third-order valence-corrected chi connectivity index (χ3v) is 5.20. The number of imidazole rings is 1. The Hall–Kier alpha value is -3.59. The van der Waals surface area contributed by atoms with Gasteiger partial charge in [-0.15, -0.1) is 0 Å². The molecule has 2 aromatic heterocycles. The molecule has 6 nitrogen and oxygen atoms in total. The van der Waals surface area contributed by atoms with Gasteiger partial charge in [-0.05, 0) is 29.5 Å². The predicted molar refractivity (Wildman–Crippen MR) is 106 cm³/mol. The van der Waals surface area contributed by atoms with E-state index in [9.17, 15) is 0 Å². The fourth-order valence-electron chi connectivity index (χ4n) is 3.83. The van der Waals surface area contributed by atoms with E-state index in [2.05, 4.69) is 49.4 Å². The SMILES string of the molecule is c1nc(N2CCCC2COc2ccccc2-c2ccccc2)c2nc[nH]c2[n+]#1. The first kappa shape index (κ1) is 16.6. The number of hydrogen-bond acceptors (Lipinski definition) is 4. The van der Waals surface area contributed by atoms with Gasteiger partial charge < -0.3 is 9.64 Å². The van der Waals surface area contributed by atoms with E-state index in [0.717, 1.165) is 47.6 Å². The summed E-state index contributed by atoms with van der Waals surface area (Å²) in [5.74, 6) is 1.73. The van der Waals surface area contributed by atoms with Crippen LogP contribution in [0.4, 0.5) is 5.82 Å². The maximum atomic E-state index is 6.30. The number of benzene rings is 2. The number of aromatic nitrogens is 4. The Kier molecular flexibility index (Phi) is 4.26. The van der Waals surface area contributed by atoms with Gasteiger partial charge in [-0.3, -0.25) is 0 Å². The van der Waals surface area contributed by atoms with Gasteiger partial charge in [-0.25, -0.2) is 9.97 Å². The Balaban J connectivity index is 1.38. The van der Waals surface area contributed by atoms with E-state index in [-0.39, 0.29) is 6.04 Å². The second-order valence-electron chi connectivity index (χ2n) is 6.91. The Morgan fingerprint density at radius 2 is 2.00 bits per heavy atom. The third kappa shape index (κ3) is 3.01. The molecule has 0 amide bonds. The molecule has 6 heteroatoms. The van der Waals surface area contributed by atoms with Crippen LogP contribution in [-0.2, 0) is 0 Å². The Morgan fingerprint density at radius 1 is 1.14 bits per heavy atom. The van der Waals surface area contributed by atoms with Crippen molar-refractivity contribution >= 4 is 17.0 Å². The van der Waals surface area contributed by atoms with Crippen LogP contribution >= 0.6 is 0 Å². The molecule has 138 valence electrons. The van der Waals surface area contributed by atoms with Crippen molar-refractivity contribution in [1.29, 1.82) is 0 Å². The lowest BCUT2D eigenvalue weighted by atomic mass is 10.0. The maximum absolute atomic E-state index is 6.30. The molecule has 0 saturated carbocycles. The summed E-state index contributed by atoms with van der Waals surface area (Å²) in [5, 5.41) is 0. The highest BCUT2D eigenvalue weighted by Crippen LogP contribution is 2.31. The number of fused-ring (bicyclic) bond motifs is 1. The van der Waals surface area contributed by atoms with Crippen molar-refractivity contribution in [3.05, 3.63) is 67.3 Å². The second kappa shape index (κ2) is 7.20. The molecule has 5 rings (SSSR count). The van der Waals surface area contributed by atoms with Crippen molar-refractivity contribution in [1.82, 2.24) is 15.0 Å². The van der Waals surface area contributed by atoms with Crippen LogP contribution in [0.3, 0.4) is 0 Å². The lowest BCUT2D eigenvalue weighted by Gasteiger charge is -2.24. The van der Waals surface area contributed by atoms with Gasteiger partial charge in [0.1, 0.15) is 12.4 Å². The first-order valence-corrected chi connectivity index (χ1v) is 9.51. The number of rotatable bonds is 5. The van der Waals surface area contributed by atoms with E-state index in [1.54, 1.807) is 6.33 Å². The van der Waals surface area contributed by atoms with Crippen LogP contribution in [0.15, 0.2) is 60.9 Å². The molecule has 1 atom stereocenters. The highest BCUT2D eigenvalue weighted by atomic mass is 16.5.